The highest BCUT2D eigenvalue weighted by molar-refractivity contribution is 7.98. The van der Waals surface area contributed by atoms with Gasteiger partial charge in [0.25, 0.3) is 0 Å². The number of hydrogen-bond acceptors (Lipinski definition) is 5. The molecule has 0 aromatic rings. The Kier molecular flexibility index (Phi) is 10.5. The molecular formula is C11H21NO3S2. The molecular weight excluding hydrogens is 258 g/mol. The van der Waals surface area contributed by atoms with Crippen LogP contribution in [0.15, 0.2) is 0 Å². The van der Waals surface area contributed by atoms with Gasteiger partial charge in [-0.25, -0.2) is 0 Å². The molecule has 0 aliphatic carbocycles. The van der Waals surface area contributed by atoms with Gasteiger partial charge >= 0.3 is 5.97 Å². The molecule has 0 fully saturated rings. The zero-order valence-corrected chi connectivity index (χ0v) is 12.3. The molecule has 0 bridgehead atoms. The van der Waals surface area contributed by atoms with E-state index in [0.29, 0.717) is 19.4 Å². The average Bonchev–Trinajstić information content (AvgIpc) is 2.31. The Morgan fingerprint density at radius 1 is 1.18 bits per heavy atom. The summed E-state index contributed by atoms with van der Waals surface area (Å²) in [6.45, 7) is 2.17. The molecule has 4 nitrogen and oxygen atoms in total. The molecule has 1 atom stereocenters. The Morgan fingerprint density at radius 2 is 1.76 bits per heavy atom. The SMILES string of the molecule is CSCCC(=O)NCC(C)OC(=O)CCSC. The van der Waals surface area contributed by atoms with Crippen LogP contribution < -0.4 is 5.32 Å². The number of rotatable bonds is 9. The van der Waals surface area contributed by atoms with Gasteiger partial charge in [-0.1, -0.05) is 0 Å². The highest BCUT2D eigenvalue weighted by atomic mass is 32.2. The molecule has 100 valence electrons. The molecule has 0 radical (unpaired) electrons. The lowest BCUT2D eigenvalue weighted by atomic mass is 10.3. The van der Waals surface area contributed by atoms with Gasteiger partial charge in [-0.2, -0.15) is 23.5 Å². The van der Waals surface area contributed by atoms with Crippen LogP contribution in [0.3, 0.4) is 0 Å². The van der Waals surface area contributed by atoms with Crippen molar-refractivity contribution in [1.29, 1.82) is 0 Å². The summed E-state index contributed by atoms with van der Waals surface area (Å²) in [4.78, 5) is 22.6. The minimum Gasteiger partial charge on any atom is -0.461 e. The maximum Gasteiger partial charge on any atom is 0.306 e. The minimum absolute atomic E-state index is 0.00589. The topological polar surface area (TPSA) is 55.4 Å². The molecule has 0 saturated carbocycles. The van der Waals surface area contributed by atoms with Crippen LogP contribution in [0.5, 0.6) is 0 Å². The van der Waals surface area contributed by atoms with Gasteiger partial charge in [-0.15, -0.1) is 0 Å². The fraction of sp³-hybridized carbons (Fsp3) is 0.818. The monoisotopic (exact) mass is 279 g/mol. The molecule has 0 spiro atoms. The number of esters is 1. The molecule has 0 aliphatic rings. The predicted molar refractivity (Wildman–Crippen MR) is 74.6 cm³/mol. The van der Waals surface area contributed by atoms with E-state index in [4.69, 9.17) is 4.74 Å². The van der Waals surface area contributed by atoms with Crippen molar-refractivity contribution < 1.29 is 14.3 Å². The van der Waals surface area contributed by atoms with Gasteiger partial charge in [0.15, 0.2) is 0 Å². The normalized spacial score (nSPS) is 11.9. The molecule has 0 aliphatic heterocycles. The van der Waals surface area contributed by atoms with E-state index < -0.39 is 0 Å². The Bertz CT molecular complexity index is 237. The predicted octanol–water partition coefficient (Wildman–Crippen LogP) is 1.54. The summed E-state index contributed by atoms with van der Waals surface area (Å²) < 4.78 is 5.14. The number of carbonyl (C=O) groups is 2. The molecule has 6 heteroatoms. The van der Waals surface area contributed by atoms with Gasteiger partial charge in [0.05, 0.1) is 13.0 Å². The van der Waals surface area contributed by atoms with E-state index in [-0.39, 0.29) is 18.0 Å². The van der Waals surface area contributed by atoms with Gasteiger partial charge in [0.1, 0.15) is 6.10 Å². The Hall–Kier alpha value is -0.360. The minimum atomic E-state index is -0.261. The fourth-order valence-corrected chi connectivity index (χ4v) is 1.81. The first-order valence-electron chi connectivity index (χ1n) is 5.54. The lowest BCUT2D eigenvalue weighted by molar-refractivity contribution is -0.148. The number of amides is 1. The first-order valence-corrected chi connectivity index (χ1v) is 8.33. The highest BCUT2D eigenvalue weighted by Gasteiger charge is 2.10. The van der Waals surface area contributed by atoms with Crippen LogP contribution >= 0.6 is 23.5 Å². The van der Waals surface area contributed by atoms with Gasteiger partial charge in [-0.3, -0.25) is 9.59 Å². The van der Waals surface area contributed by atoms with Crippen molar-refractivity contribution in [2.45, 2.75) is 25.9 Å². The summed E-state index contributed by atoms with van der Waals surface area (Å²) >= 11 is 3.25. The van der Waals surface area contributed by atoms with Gasteiger partial charge in [-0.05, 0) is 19.4 Å². The number of thioether (sulfide) groups is 2. The van der Waals surface area contributed by atoms with Gasteiger partial charge in [0, 0.05) is 17.9 Å². The van der Waals surface area contributed by atoms with E-state index in [1.54, 1.807) is 30.4 Å². The molecule has 0 aromatic heterocycles. The number of nitrogens with one attached hydrogen (secondary N) is 1. The van der Waals surface area contributed by atoms with Gasteiger partial charge in [0.2, 0.25) is 5.91 Å². The van der Waals surface area contributed by atoms with Crippen LogP contribution in [-0.4, -0.2) is 48.5 Å². The first-order chi connectivity index (χ1) is 8.10. The third-order valence-electron chi connectivity index (χ3n) is 1.96. The quantitative estimate of drug-likeness (QED) is 0.649. The summed E-state index contributed by atoms with van der Waals surface area (Å²) in [6, 6.07) is 0. The number of carbonyl (C=O) groups excluding carboxylic acids is 2. The van der Waals surface area contributed by atoms with Crippen molar-refractivity contribution in [2.24, 2.45) is 0 Å². The Labute approximate surface area is 112 Å². The van der Waals surface area contributed by atoms with Crippen molar-refractivity contribution in [3.8, 4) is 0 Å². The standard InChI is InChI=1S/C11H21NO3S2/c1-9(15-11(14)5-7-17-3)8-12-10(13)4-6-16-2/h9H,4-8H2,1-3H3,(H,12,13). The number of hydrogen-bond donors (Lipinski definition) is 1. The molecule has 0 rings (SSSR count). The second-order valence-corrected chi connectivity index (χ2v) is 5.56. The van der Waals surface area contributed by atoms with Crippen LogP contribution in [0.4, 0.5) is 0 Å². The summed E-state index contributed by atoms with van der Waals surface area (Å²) in [6.07, 6.45) is 4.58. The van der Waals surface area contributed by atoms with E-state index in [1.165, 1.54) is 0 Å². The third kappa shape index (κ3) is 10.5. The molecule has 1 N–H and O–H groups in total. The molecule has 0 saturated heterocycles. The maximum atomic E-state index is 11.3. The second-order valence-electron chi connectivity index (χ2n) is 3.59. The molecule has 0 heterocycles. The van der Waals surface area contributed by atoms with E-state index in [9.17, 15) is 9.59 Å². The molecule has 0 aromatic carbocycles. The Balaban J connectivity index is 3.60. The zero-order valence-electron chi connectivity index (χ0n) is 10.7. The average molecular weight is 279 g/mol. The Morgan fingerprint density at radius 3 is 2.35 bits per heavy atom. The van der Waals surface area contributed by atoms with Crippen molar-refractivity contribution in [1.82, 2.24) is 5.32 Å². The van der Waals surface area contributed by atoms with Crippen LogP contribution in [0.1, 0.15) is 19.8 Å². The maximum absolute atomic E-state index is 11.3. The van der Waals surface area contributed by atoms with Crippen molar-refractivity contribution in [2.75, 3.05) is 30.6 Å². The molecule has 1 amide bonds. The summed E-state index contributed by atoms with van der Waals surface area (Å²) in [5.74, 6) is 1.39. The summed E-state index contributed by atoms with van der Waals surface area (Å²) in [7, 11) is 0. The molecule has 17 heavy (non-hydrogen) atoms. The van der Waals surface area contributed by atoms with Crippen LogP contribution in [0, 0.1) is 0 Å². The lowest BCUT2D eigenvalue weighted by Crippen LogP contribution is -2.33. The number of ether oxygens (including phenoxy) is 1. The fourth-order valence-electron chi connectivity index (χ4n) is 1.05. The van der Waals surface area contributed by atoms with Gasteiger partial charge < -0.3 is 10.1 Å². The summed E-state index contributed by atoms with van der Waals surface area (Å²) in [5.41, 5.74) is 0. The first kappa shape index (κ1) is 16.6. The van der Waals surface area contributed by atoms with E-state index in [0.717, 1.165) is 11.5 Å². The van der Waals surface area contributed by atoms with Crippen LogP contribution in [0.2, 0.25) is 0 Å². The van der Waals surface area contributed by atoms with Crippen molar-refractivity contribution >= 4 is 35.4 Å². The third-order valence-corrected chi connectivity index (χ3v) is 3.19. The zero-order chi connectivity index (χ0) is 13.1. The smallest absolute Gasteiger partial charge is 0.306 e. The largest absolute Gasteiger partial charge is 0.461 e. The van der Waals surface area contributed by atoms with E-state index in [2.05, 4.69) is 5.32 Å². The summed E-state index contributed by atoms with van der Waals surface area (Å²) in [5, 5.41) is 2.74. The second kappa shape index (κ2) is 10.8. The lowest BCUT2D eigenvalue weighted by Gasteiger charge is -2.13. The van der Waals surface area contributed by atoms with Crippen molar-refractivity contribution in [3.05, 3.63) is 0 Å². The molecule has 1 unspecified atom stereocenters. The van der Waals surface area contributed by atoms with E-state index in [1.807, 2.05) is 12.5 Å². The van der Waals surface area contributed by atoms with E-state index >= 15 is 0 Å². The van der Waals surface area contributed by atoms with Crippen LogP contribution in [0.25, 0.3) is 0 Å². The van der Waals surface area contributed by atoms with Crippen molar-refractivity contribution in [3.63, 3.8) is 0 Å². The highest BCUT2D eigenvalue weighted by Crippen LogP contribution is 2.00. The van der Waals surface area contributed by atoms with Crippen LogP contribution in [-0.2, 0) is 14.3 Å².